The molecule has 0 aliphatic rings. The first-order valence-corrected chi connectivity index (χ1v) is 5.92. The Bertz CT molecular complexity index is 581. The van der Waals surface area contributed by atoms with Crippen LogP contribution in [-0.4, -0.2) is 5.11 Å². The van der Waals surface area contributed by atoms with E-state index < -0.39 is 29.1 Å². The number of rotatable bonds is 3. The second-order valence-electron chi connectivity index (χ2n) is 4.09. The van der Waals surface area contributed by atoms with Gasteiger partial charge < -0.3 is 5.11 Å². The summed E-state index contributed by atoms with van der Waals surface area (Å²) < 4.78 is 40.5. The van der Waals surface area contributed by atoms with Crippen LogP contribution in [0.25, 0.3) is 0 Å². The zero-order chi connectivity index (χ0) is 14.0. The van der Waals surface area contributed by atoms with Crippen molar-refractivity contribution < 1.29 is 18.3 Å². The molecule has 0 saturated carbocycles. The highest BCUT2D eigenvalue weighted by Gasteiger charge is 2.19. The highest BCUT2D eigenvalue weighted by atomic mass is 35.5. The third-order valence-electron chi connectivity index (χ3n) is 2.76. The number of halogens is 4. The zero-order valence-electron chi connectivity index (χ0n) is 9.71. The van der Waals surface area contributed by atoms with E-state index in [4.69, 9.17) is 11.6 Å². The molecule has 0 aromatic heterocycles. The molecule has 1 N–H and O–H groups in total. The van der Waals surface area contributed by atoms with E-state index in [9.17, 15) is 18.3 Å². The third kappa shape index (κ3) is 3.08. The molecule has 0 heterocycles. The van der Waals surface area contributed by atoms with Gasteiger partial charge in [-0.05, 0) is 29.8 Å². The topological polar surface area (TPSA) is 20.2 Å². The lowest BCUT2D eigenvalue weighted by Gasteiger charge is -2.13. The SMILES string of the molecule is OC(Cc1ccc(Cl)cc1F)c1c(F)cccc1F. The Hall–Kier alpha value is -1.52. The Balaban J connectivity index is 2.28. The minimum atomic E-state index is -1.46. The van der Waals surface area contributed by atoms with Gasteiger partial charge in [-0.3, -0.25) is 0 Å². The molecular weight excluding hydrogens is 277 g/mol. The molecule has 2 aromatic carbocycles. The number of hydrogen-bond donors (Lipinski definition) is 1. The fraction of sp³-hybridized carbons (Fsp3) is 0.143. The first-order chi connectivity index (χ1) is 8.99. The van der Waals surface area contributed by atoms with Crippen molar-refractivity contribution >= 4 is 11.6 Å². The molecule has 0 amide bonds. The van der Waals surface area contributed by atoms with Crippen molar-refractivity contribution in [3.63, 3.8) is 0 Å². The minimum absolute atomic E-state index is 0.138. The molecule has 1 unspecified atom stereocenters. The highest BCUT2D eigenvalue weighted by molar-refractivity contribution is 6.30. The van der Waals surface area contributed by atoms with E-state index in [0.717, 1.165) is 18.2 Å². The normalized spacial score (nSPS) is 12.5. The molecule has 0 radical (unpaired) electrons. The Morgan fingerprint density at radius 3 is 2.21 bits per heavy atom. The first-order valence-electron chi connectivity index (χ1n) is 5.55. The second-order valence-corrected chi connectivity index (χ2v) is 4.53. The summed E-state index contributed by atoms with van der Waals surface area (Å²) >= 11 is 5.60. The quantitative estimate of drug-likeness (QED) is 0.903. The van der Waals surface area contributed by atoms with Crippen molar-refractivity contribution in [2.75, 3.05) is 0 Å². The highest BCUT2D eigenvalue weighted by Crippen LogP contribution is 2.25. The maximum absolute atomic E-state index is 13.5. The summed E-state index contributed by atoms with van der Waals surface area (Å²) in [7, 11) is 0. The van der Waals surface area contributed by atoms with E-state index in [1.54, 1.807) is 0 Å². The van der Waals surface area contributed by atoms with Crippen molar-refractivity contribution in [3.8, 4) is 0 Å². The zero-order valence-corrected chi connectivity index (χ0v) is 10.5. The third-order valence-corrected chi connectivity index (χ3v) is 3.00. The smallest absolute Gasteiger partial charge is 0.131 e. The number of benzene rings is 2. The molecule has 19 heavy (non-hydrogen) atoms. The van der Waals surface area contributed by atoms with Gasteiger partial charge >= 0.3 is 0 Å². The summed E-state index contributed by atoms with van der Waals surface area (Å²) in [6.45, 7) is 0. The molecule has 0 aliphatic carbocycles. The average Bonchev–Trinajstić information content (AvgIpc) is 2.32. The molecule has 0 spiro atoms. The van der Waals surface area contributed by atoms with E-state index >= 15 is 0 Å². The van der Waals surface area contributed by atoms with Crippen molar-refractivity contribution in [2.45, 2.75) is 12.5 Å². The minimum Gasteiger partial charge on any atom is -0.388 e. The molecule has 5 heteroatoms. The lowest BCUT2D eigenvalue weighted by atomic mass is 10.00. The average molecular weight is 287 g/mol. The molecule has 2 rings (SSSR count). The molecule has 2 aromatic rings. The monoisotopic (exact) mass is 286 g/mol. The van der Waals surface area contributed by atoms with Crippen LogP contribution in [0.2, 0.25) is 5.02 Å². The largest absolute Gasteiger partial charge is 0.388 e. The van der Waals surface area contributed by atoms with Gasteiger partial charge in [-0.15, -0.1) is 0 Å². The molecule has 0 saturated heterocycles. The maximum atomic E-state index is 13.5. The molecule has 1 atom stereocenters. The summed E-state index contributed by atoms with van der Waals surface area (Å²) in [6, 6.07) is 7.19. The fourth-order valence-corrected chi connectivity index (χ4v) is 1.99. The van der Waals surface area contributed by atoms with Gasteiger partial charge in [0.2, 0.25) is 0 Å². The summed E-state index contributed by atoms with van der Waals surface area (Å²) in [5.74, 6) is -2.34. The van der Waals surface area contributed by atoms with E-state index in [2.05, 4.69) is 0 Å². The molecule has 100 valence electrons. The standard InChI is InChI=1S/C14H10ClF3O/c15-9-5-4-8(12(18)7-9)6-13(19)14-10(16)2-1-3-11(14)17/h1-5,7,13,19H,6H2. The Morgan fingerprint density at radius 2 is 1.63 bits per heavy atom. The van der Waals surface area contributed by atoms with Gasteiger partial charge in [0.1, 0.15) is 17.5 Å². The molecule has 0 fully saturated rings. The lowest BCUT2D eigenvalue weighted by molar-refractivity contribution is 0.167. The van der Waals surface area contributed by atoms with Crippen LogP contribution in [0.4, 0.5) is 13.2 Å². The Kier molecular flexibility index (Phi) is 4.12. The van der Waals surface area contributed by atoms with Gasteiger partial charge in [-0.25, -0.2) is 13.2 Å². The Labute approximate surface area is 113 Å². The Morgan fingerprint density at radius 1 is 1.00 bits per heavy atom. The van der Waals surface area contributed by atoms with Crippen LogP contribution in [0.3, 0.4) is 0 Å². The van der Waals surface area contributed by atoms with E-state index in [0.29, 0.717) is 0 Å². The van der Waals surface area contributed by atoms with Gasteiger partial charge in [0.15, 0.2) is 0 Å². The molecule has 1 nitrogen and oxygen atoms in total. The predicted molar refractivity (Wildman–Crippen MR) is 66.4 cm³/mol. The van der Waals surface area contributed by atoms with Gasteiger partial charge in [0, 0.05) is 11.4 Å². The van der Waals surface area contributed by atoms with E-state index in [-0.39, 0.29) is 17.0 Å². The van der Waals surface area contributed by atoms with Crippen LogP contribution in [-0.2, 0) is 6.42 Å². The van der Waals surface area contributed by atoms with Gasteiger partial charge in [0.05, 0.1) is 11.7 Å². The van der Waals surface area contributed by atoms with Crippen LogP contribution >= 0.6 is 11.6 Å². The number of aliphatic hydroxyl groups excluding tert-OH is 1. The van der Waals surface area contributed by atoms with Gasteiger partial charge in [-0.2, -0.15) is 0 Å². The van der Waals surface area contributed by atoms with Crippen molar-refractivity contribution in [1.82, 2.24) is 0 Å². The summed E-state index contributed by atoms with van der Waals surface area (Å²) in [4.78, 5) is 0. The van der Waals surface area contributed by atoms with Crippen LogP contribution in [0.5, 0.6) is 0 Å². The fourth-order valence-electron chi connectivity index (χ4n) is 1.83. The predicted octanol–water partition coefficient (Wildman–Crippen LogP) is 4.03. The number of hydrogen-bond acceptors (Lipinski definition) is 1. The molecular formula is C14H10ClF3O. The van der Waals surface area contributed by atoms with Crippen LogP contribution in [0.1, 0.15) is 17.2 Å². The van der Waals surface area contributed by atoms with Crippen LogP contribution < -0.4 is 0 Å². The molecule has 0 bridgehead atoms. The van der Waals surface area contributed by atoms with Gasteiger partial charge in [0.25, 0.3) is 0 Å². The van der Waals surface area contributed by atoms with Crippen molar-refractivity contribution in [1.29, 1.82) is 0 Å². The second kappa shape index (κ2) is 5.63. The maximum Gasteiger partial charge on any atom is 0.131 e. The lowest BCUT2D eigenvalue weighted by Crippen LogP contribution is -2.08. The first kappa shape index (κ1) is 13.9. The van der Waals surface area contributed by atoms with E-state index in [1.807, 2.05) is 0 Å². The number of aliphatic hydroxyl groups is 1. The summed E-state index contributed by atoms with van der Waals surface area (Å²) in [5, 5.41) is 10.1. The van der Waals surface area contributed by atoms with Crippen molar-refractivity contribution in [2.24, 2.45) is 0 Å². The van der Waals surface area contributed by atoms with E-state index in [1.165, 1.54) is 18.2 Å². The van der Waals surface area contributed by atoms with Crippen molar-refractivity contribution in [3.05, 3.63) is 70.0 Å². The summed E-state index contributed by atoms with van der Waals surface area (Å²) in [5.41, 5.74) is -0.323. The molecule has 0 aliphatic heterocycles. The summed E-state index contributed by atoms with van der Waals surface area (Å²) in [6.07, 6.45) is -1.70. The van der Waals surface area contributed by atoms with Crippen LogP contribution in [0, 0.1) is 17.5 Å². The van der Waals surface area contributed by atoms with Crippen LogP contribution in [0.15, 0.2) is 36.4 Å². The van der Waals surface area contributed by atoms with Gasteiger partial charge in [-0.1, -0.05) is 23.7 Å².